The molecular formula is C19H28F2N2OS. The molecule has 1 saturated heterocycles. The molecule has 0 radical (unpaired) electrons. The number of piperidine rings is 1. The number of rotatable bonds is 6. The zero-order valence-corrected chi connectivity index (χ0v) is 15.6. The van der Waals surface area contributed by atoms with Gasteiger partial charge in [0.05, 0.1) is 12.7 Å². The Labute approximate surface area is 153 Å². The zero-order valence-electron chi connectivity index (χ0n) is 14.8. The van der Waals surface area contributed by atoms with Crippen molar-refractivity contribution in [3.05, 3.63) is 35.4 Å². The van der Waals surface area contributed by atoms with Gasteiger partial charge in [0.15, 0.2) is 0 Å². The molecule has 6 heteroatoms. The van der Waals surface area contributed by atoms with E-state index in [4.69, 9.17) is 4.74 Å². The van der Waals surface area contributed by atoms with Gasteiger partial charge in [0, 0.05) is 17.6 Å². The molecule has 1 aliphatic carbocycles. The van der Waals surface area contributed by atoms with Crippen molar-refractivity contribution in [3.63, 3.8) is 0 Å². The zero-order chi connectivity index (χ0) is 17.6. The van der Waals surface area contributed by atoms with E-state index in [2.05, 4.69) is 16.3 Å². The van der Waals surface area contributed by atoms with Crippen molar-refractivity contribution in [1.82, 2.24) is 10.0 Å². The van der Waals surface area contributed by atoms with E-state index >= 15 is 0 Å². The first-order valence-corrected chi connectivity index (χ1v) is 10.5. The Morgan fingerprint density at radius 3 is 2.56 bits per heavy atom. The Morgan fingerprint density at radius 2 is 1.88 bits per heavy atom. The molecular weight excluding hydrogens is 342 g/mol. The maximum absolute atomic E-state index is 14.0. The second-order valence-corrected chi connectivity index (χ2v) is 7.72. The van der Waals surface area contributed by atoms with E-state index in [0.717, 1.165) is 32.2 Å². The van der Waals surface area contributed by atoms with Gasteiger partial charge < -0.3 is 10.1 Å². The summed E-state index contributed by atoms with van der Waals surface area (Å²) in [7, 11) is 0. The number of nitrogens with one attached hydrogen (secondary N) is 2. The van der Waals surface area contributed by atoms with E-state index in [1.54, 1.807) is 11.9 Å². The van der Waals surface area contributed by atoms with Gasteiger partial charge in [0.25, 0.3) is 0 Å². The van der Waals surface area contributed by atoms with E-state index in [1.807, 2.05) is 0 Å². The fourth-order valence-electron chi connectivity index (χ4n) is 4.08. The Balaban J connectivity index is 1.48. The summed E-state index contributed by atoms with van der Waals surface area (Å²) in [6.07, 6.45) is 7.91. The molecule has 1 heterocycles. The van der Waals surface area contributed by atoms with Crippen molar-refractivity contribution in [2.24, 2.45) is 0 Å². The summed E-state index contributed by atoms with van der Waals surface area (Å²) < 4.78 is 37.5. The third-order valence-corrected chi connectivity index (χ3v) is 5.99. The van der Waals surface area contributed by atoms with E-state index in [1.165, 1.54) is 31.0 Å². The standard InChI is InChI=1S/C19H28F2N2OS/c1-25-23-17-6-3-11-22-18(17)12-24-14-9-7-13(8-10-14)19-15(20)4-2-5-16(19)21/h2,4-5,13-14,17-18,22-23H,3,6-12H2,1H3/t13-,14+,17-,18-/m0/s1. The average Bonchev–Trinajstić information content (AvgIpc) is 2.62. The molecule has 3 rings (SSSR count). The molecule has 0 spiro atoms. The van der Waals surface area contributed by atoms with Gasteiger partial charge in [0.1, 0.15) is 11.6 Å². The molecule has 25 heavy (non-hydrogen) atoms. The summed E-state index contributed by atoms with van der Waals surface area (Å²) in [5.41, 5.74) is 0.263. The Bertz CT molecular complexity index is 530. The molecule has 0 bridgehead atoms. The number of halogens is 2. The predicted molar refractivity (Wildman–Crippen MR) is 98.8 cm³/mol. The molecule has 2 atom stereocenters. The smallest absolute Gasteiger partial charge is 0.129 e. The quantitative estimate of drug-likeness (QED) is 0.742. The topological polar surface area (TPSA) is 33.3 Å². The minimum Gasteiger partial charge on any atom is -0.377 e. The van der Waals surface area contributed by atoms with Gasteiger partial charge in [-0.1, -0.05) is 18.0 Å². The average molecular weight is 371 g/mol. The van der Waals surface area contributed by atoms with Crippen molar-refractivity contribution in [2.45, 2.75) is 62.6 Å². The number of benzene rings is 1. The van der Waals surface area contributed by atoms with Crippen molar-refractivity contribution < 1.29 is 13.5 Å². The van der Waals surface area contributed by atoms with Crippen molar-refractivity contribution in [2.75, 3.05) is 19.4 Å². The van der Waals surface area contributed by atoms with Crippen LogP contribution in [-0.4, -0.2) is 37.6 Å². The summed E-state index contributed by atoms with van der Waals surface area (Å²) in [6.45, 7) is 1.74. The van der Waals surface area contributed by atoms with Crippen molar-refractivity contribution >= 4 is 11.9 Å². The molecule has 3 nitrogen and oxygen atoms in total. The minimum absolute atomic E-state index is 0.0280. The first-order chi connectivity index (χ1) is 12.2. The van der Waals surface area contributed by atoms with Gasteiger partial charge in [-0.2, -0.15) is 0 Å². The van der Waals surface area contributed by atoms with E-state index < -0.39 is 11.6 Å². The summed E-state index contributed by atoms with van der Waals surface area (Å²) in [4.78, 5) is 0. The summed E-state index contributed by atoms with van der Waals surface area (Å²) >= 11 is 1.66. The Kier molecular flexibility index (Phi) is 7.10. The highest BCUT2D eigenvalue weighted by atomic mass is 32.2. The van der Waals surface area contributed by atoms with Crippen LogP contribution in [0.5, 0.6) is 0 Å². The molecule has 1 aliphatic heterocycles. The predicted octanol–water partition coefficient (Wildman–Crippen LogP) is 4.00. The van der Waals surface area contributed by atoms with Gasteiger partial charge in [-0.15, -0.1) is 0 Å². The lowest BCUT2D eigenvalue weighted by atomic mass is 9.82. The van der Waals surface area contributed by atoms with Crippen LogP contribution in [0.1, 0.15) is 50.0 Å². The Morgan fingerprint density at radius 1 is 1.16 bits per heavy atom. The molecule has 0 amide bonds. The molecule has 1 aromatic carbocycles. The van der Waals surface area contributed by atoms with Gasteiger partial charge in [0.2, 0.25) is 0 Å². The monoisotopic (exact) mass is 370 g/mol. The van der Waals surface area contributed by atoms with Crippen LogP contribution in [0.15, 0.2) is 18.2 Å². The molecule has 2 aliphatic rings. The maximum atomic E-state index is 14.0. The van der Waals surface area contributed by atoms with Crippen molar-refractivity contribution in [1.29, 1.82) is 0 Å². The molecule has 2 fully saturated rings. The van der Waals surface area contributed by atoms with Crippen LogP contribution in [0.3, 0.4) is 0 Å². The normalized spacial score (nSPS) is 30.4. The van der Waals surface area contributed by atoms with Crippen LogP contribution in [0, 0.1) is 11.6 Å². The second-order valence-electron chi connectivity index (χ2n) is 7.07. The van der Waals surface area contributed by atoms with Crippen LogP contribution in [0.25, 0.3) is 0 Å². The number of ether oxygens (including phenoxy) is 1. The highest BCUT2D eigenvalue weighted by molar-refractivity contribution is 7.96. The second kappa shape index (κ2) is 9.31. The van der Waals surface area contributed by atoms with Crippen LogP contribution < -0.4 is 10.0 Å². The van der Waals surface area contributed by atoms with Gasteiger partial charge >= 0.3 is 0 Å². The summed E-state index contributed by atoms with van der Waals surface area (Å²) in [6, 6.07) is 4.91. The lowest BCUT2D eigenvalue weighted by Gasteiger charge is -2.35. The molecule has 140 valence electrons. The Hall–Kier alpha value is -0.690. The van der Waals surface area contributed by atoms with E-state index in [9.17, 15) is 8.78 Å². The van der Waals surface area contributed by atoms with Gasteiger partial charge in [-0.25, -0.2) is 8.78 Å². The maximum Gasteiger partial charge on any atom is 0.129 e. The SMILES string of the molecule is CSN[C@H]1CCCN[C@H]1CO[C@H]1CC[C@@H](c2c(F)cccc2F)CC1. The molecule has 0 aromatic heterocycles. The minimum atomic E-state index is -0.415. The lowest BCUT2D eigenvalue weighted by molar-refractivity contribution is 0.00503. The van der Waals surface area contributed by atoms with Crippen LogP contribution >= 0.6 is 11.9 Å². The highest BCUT2D eigenvalue weighted by Crippen LogP contribution is 2.36. The first kappa shape index (κ1) is 19.1. The van der Waals surface area contributed by atoms with Crippen LogP contribution in [-0.2, 0) is 4.74 Å². The van der Waals surface area contributed by atoms with E-state index in [-0.39, 0.29) is 17.6 Å². The summed E-state index contributed by atoms with van der Waals surface area (Å²) in [5, 5.41) is 3.54. The third-order valence-electron chi connectivity index (χ3n) is 5.45. The number of hydrogen-bond acceptors (Lipinski definition) is 4. The molecule has 1 aromatic rings. The van der Waals surface area contributed by atoms with Crippen LogP contribution in [0.4, 0.5) is 8.78 Å². The van der Waals surface area contributed by atoms with Gasteiger partial charge in [-0.05, 0) is 69.4 Å². The molecule has 0 unspecified atom stereocenters. The molecule has 1 saturated carbocycles. The number of hydrogen-bond donors (Lipinski definition) is 2. The fraction of sp³-hybridized carbons (Fsp3) is 0.684. The van der Waals surface area contributed by atoms with Crippen LogP contribution in [0.2, 0.25) is 0 Å². The first-order valence-electron chi connectivity index (χ1n) is 9.26. The molecule has 2 N–H and O–H groups in total. The third kappa shape index (κ3) is 4.94. The van der Waals surface area contributed by atoms with E-state index in [0.29, 0.717) is 18.7 Å². The summed E-state index contributed by atoms with van der Waals surface area (Å²) in [5.74, 6) is -0.858. The fourth-order valence-corrected chi connectivity index (χ4v) is 4.66. The largest absolute Gasteiger partial charge is 0.377 e. The lowest BCUT2D eigenvalue weighted by Crippen LogP contribution is -2.52. The van der Waals surface area contributed by atoms with Crippen molar-refractivity contribution in [3.8, 4) is 0 Å². The highest BCUT2D eigenvalue weighted by Gasteiger charge is 2.29. The van der Waals surface area contributed by atoms with Gasteiger partial charge in [-0.3, -0.25) is 4.72 Å².